The lowest BCUT2D eigenvalue weighted by Gasteiger charge is -2.22. The Morgan fingerprint density at radius 1 is 0.793 bits per heavy atom. The molecule has 2 aromatic rings. The Labute approximate surface area is 175 Å². The van der Waals surface area contributed by atoms with Gasteiger partial charge in [0.1, 0.15) is 0 Å². The summed E-state index contributed by atoms with van der Waals surface area (Å²) in [4.78, 5) is 0. The van der Waals surface area contributed by atoms with Crippen molar-refractivity contribution in [2.75, 3.05) is 0 Å². The quantitative estimate of drug-likeness (QED) is 0.571. The lowest BCUT2D eigenvalue weighted by molar-refractivity contribution is 0.383. The van der Waals surface area contributed by atoms with Crippen LogP contribution in [0, 0.1) is 11.3 Å². The van der Waals surface area contributed by atoms with Gasteiger partial charge in [-0.05, 0) is 107 Å². The average molecular weight is 381 g/mol. The van der Waals surface area contributed by atoms with Crippen LogP contribution in [0.4, 0.5) is 0 Å². The molecule has 0 aromatic heterocycles. The normalized spacial score (nSPS) is 29.7. The highest BCUT2D eigenvalue weighted by Crippen LogP contribution is 2.55. The van der Waals surface area contributed by atoms with Gasteiger partial charge < -0.3 is 0 Å². The fourth-order valence-electron chi connectivity index (χ4n) is 6.76. The van der Waals surface area contributed by atoms with Gasteiger partial charge in [0, 0.05) is 0 Å². The van der Waals surface area contributed by atoms with Crippen molar-refractivity contribution in [2.24, 2.45) is 11.3 Å². The summed E-state index contributed by atoms with van der Waals surface area (Å²) in [5.74, 6) is 1.79. The van der Waals surface area contributed by atoms with Crippen LogP contribution in [0.1, 0.15) is 75.7 Å². The summed E-state index contributed by atoms with van der Waals surface area (Å²) in [7, 11) is 0. The number of hydrogen-bond acceptors (Lipinski definition) is 0. The van der Waals surface area contributed by atoms with Gasteiger partial charge in [-0.2, -0.15) is 0 Å². The molecular weight excluding hydrogens is 348 g/mol. The highest BCUT2D eigenvalue weighted by molar-refractivity contribution is 5.78. The molecule has 29 heavy (non-hydrogen) atoms. The van der Waals surface area contributed by atoms with Crippen LogP contribution >= 0.6 is 0 Å². The molecule has 4 aliphatic rings. The Balaban J connectivity index is 1.33. The predicted molar refractivity (Wildman–Crippen MR) is 123 cm³/mol. The molecule has 6 rings (SSSR count). The van der Waals surface area contributed by atoms with Crippen molar-refractivity contribution < 1.29 is 0 Å². The van der Waals surface area contributed by atoms with E-state index >= 15 is 0 Å². The zero-order chi connectivity index (χ0) is 19.3. The standard InChI is InChI=1S/C29H32/c1-2-5-23(6-3-1)24-9-11-25(12-10-24)27-8-4-7-26-17-22(18-28(26)27)20-29-15-13-21(19-29)14-16-29/h4,7-12,17-18,20-21,23H,1-3,5-6,13-16,19H2. The van der Waals surface area contributed by atoms with Crippen molar-refractivity contribution in [3.05, 3.63) is 70.1 Å². The second-order valence-electron chi connectivity index (χ2n) is 10.2. The smallest absolute Gasteiger partial charge is 0.00994 e. The van der Waals surface area contributed by atoms with E-state index in [1.165, 1.54) is 91.3 Å². The molecule has 4 aliphatic carbocycles. The Hall–Kier alpha value is -2.08. The van der Waals surface area contributed by atoms with Crippen LogP contribution < -0.4 is 10.4 Å². The largest absolute Gasteiger partial charge is 0.0710 e. The van der Waals surface area contributed by atoms with E-state index in [9.17, 15) is 0 Å². The molecule has 0 heteroatoms. The van der Waals surface area contributed by atoms with E-state index in [2.05, 4.69) is 60.7 Å². The van der Waals surface area contributed by atoms with Gasteiger partial charge in [0.25, 0.3) is 0 Å². The van der Waals surface area contributed by atoms with E-state index < -0.39 is 0 Å². The zero-order valence-electron chi connectivity index (χ0n) is 17.5. The molecule has 0 atom stereocenters. The molecule has 0 radical (unpaired) electrons. The predicted octanol–water partition coefficient (Wildman–Crippen LogP) is 6.48. The Bertz CT molecular complexity index is 1050. The summed E-state index contributed by atoms with van der Waals surface area (Å²) < 4.78 is 0. The highest BCUT2D eigenvalue weighted by Gasteiger charge is 2.43. The summed E-state index contributed by atoms with van der Waals surface area (Å²) in [5.41, 5.74) is 6.27. The molecule has 148 valence electrons. The topological polar surface area (TPSA) is 0 Å². The van der Waals surface area contributed by atoms with Gasteiger partial charge in [-0.1, -0.05) is 67.8 Å². The van der Waals surface area contributed by atoms with Crippen LogP contribution in [0.15, 0.2) is 54.1 Å². The highest BCUT2D eigenvalue weighted by atomic mass is 14.5. The number of hydrogen-bond donors (Lipinski definition) is 0. The molecule has 0 saturated heterocycles. The third kappa shape index (κ3) is 3.21. The first kappa shape index (κ1) is 17.8. The maximum absolute atomic E-state index is 2.63. The van der Waals surface area contributed by atoms with Crippen molar-refractivity contribution in [1.82, 2.24) is 0 Å². The van der Waals surface area contributed by atoms with Crippen LogP contribution in [0.5, 0.6) is 0 Å². The first-order valence-electron chi connectivity index (χ1n) is 11.9. The molecule has 0 amide bonds. The minimum absolute atomic E-state index is 0.511. The summed E-state index contributed by atoms with van der Waals surface area (Å²) in [6.45, 7) is 0. The van der Waals surface area contributed by atoms with E-state index in [4.69, 9.17) is 0 Å². The number of benzene rings is 2. The van der Waals surface area contributed by atoms with E-state index in [1.807, 2.05) is 0 Å². The van der Waals surface area contributed by atoms with Crippen LogP contribution in [0.3, 0.4) is 0 Å². The molecular formula is C29H32. The van der Waals surface area contributed by atoms with E-state index in [0.29, 0.717) is 5.41 Å². The third-order valence-electron chi connectivity index (χ3n) is 8.34. The summed E-state index contributed by atoms with van der Waals surface area (Å²) >= 11 is 0. The lowest BCUT2D eigenvalue weighted by atomic mass is 9.82. The second-order valence-corrected chi connectivity index (χ2v) is 10.2. The monoisotopic (exact) mass is 380 g/mol. The third-order valence-corrected chi connectivity index (χ3v) is 8.34. The molecule has 2 aromatic carbocycles. The van der Waals surface area contributed by atoms with Crippen LogP contribution in [-0.4, -0.2) is 0 Å². The molecule has 2 bridgehead atoms. The molecule has 0 unspecified atom stereocenters. The molecule has 0 aliphatic heterocycles. The van der Waals surface area contributed by atoms with Crippen LogP contribution in [0.25, 0.3) is 23.3 Å². The summed E-state index contributed by atoms with van der Waals surface area (Å²) in [6.07, 6.45) is 21.7. The molecule has 0 spiro atoms. The fourth-order valence-corrected chi connectivity index (χ4v) is 6.76. The molecule has 3 fully saturated rings. The van der Waals surface area contributed by atoms with Crippen molar-refractivity contribution in [2.45, 2.75) is 70.1 Å². The second kappa shape index (κ2) is 7.01. The van der Waals surface area contributed by atoms with Crippen molar-refractivity contribution in [3.8, 4) is 11.1 Å². The van der Waals surface area contributed by atoms with Gasteiger partial charge in [-0.15, -0.1) is 0 Å². The lowest BCUT2D eigenvalue weighted by Crippen LogP contribution is -2.22. The van der Waals surface area contributed by atoms with E-state index in [1.54, 1.807) is 5.56 Å². The van der Waals surface area contributed by atoms with E-state index in [-0.39, 0.29) is 0 Å². The van der Waals surface area contributed by atoms with Crippen LogP contribution in [0.2, 0.25) is 0 Å². The van der Waals surface area contributed by atoms with Gasteiger partial charge in [0.2, 0.25) is 0 Å². The summed E-state index contributed by atoms with van der Waals surface area (Å²) in [6, 6.07) is 16.4. The van der Waals surface area contributed by atoms with Gasteiger partial charge in [0.15, 0.2) is 0 Å². The van der Waals surface area contributed by atoms with Crippen molar-refractivity contribution in [3.63, 3.8) is 0 Å². The molecule has 3 saturated carbocycles. The minimum Gasteiger partial charge on any atom is -0.0710 e. The molecule has 0 N–H and O–H groups in total. The zero-order valence-corrected chi connectivity index (χ0v) is 17.5. The van der Waals surface area contributed by atoms with Gasteiger partial charge in [-0.25, -0.2) is 0 Å². The minimum atomic E-state index is 0.511. The average Bonchev–Trinajstić information content (AvgIpc) is 3.48. The number of fused-ring (bicyclic) bond motifs is 3. The van der Waals surface area contributed by atoms with Crippen molar-refractivity contribution >= 4 is 12.2 Å². The van der Waals surface area contributed by atoms with Crippen molar-refractivity contribution in [1.29, 1.82) is 0 Å². The maximum Gasteiger partial charge on any atom is -0.00994 e. The van der Waals surface area contributed by atoms with Crippen LogP contribution in [-0.2, 0) is 0 Å². The number of rotatable bonds is 3. The SMILES string of the molecule is C(=C1C=c2cccc(-c3ccc(C4CCCCC4)cc3)c2=C1)C12CCC(CC1)C2. The summed E-state index contributed by atoms with van der Waals surface area (Å²) in [5, 5.41) is 2.82. The van der Waals surface area contributed by atoms with Gasteiger partial charge in [0.05, 0.1) is 0 Å². The maximum atomic E-state index is 2.63. The first-order valence-corrected chi connectivity index (χ1v) is 11.9. The van der Waals surface area contributed by atoms with Gasteiger partial charge >= 0.3 is 0 Å². The van der Waals surface area contributed by atoms with E-state index in [0.717, 1.165) is 11.8 Å². The number of allylic oxidation sites excluding steroid dienone is 2. The molecule has 0 heterocycles. The molecule has 0 nitrogen and oxygen atoms in total. The Morgan fingerprint density at radius 2 is 1.59 bits per heavy atom. The Morgan fingerprint density at radius 3 is 2.31 bits per heavy atom. The fraction of sp³-hybridized carbons (Fsp3) is 0.448. The Kier molecular flexibility index (Phi) is 4.29. The van der Waals surface area contributed by atoms with Gasteiger partial charge in [-0.3, -0.25) is 0 Å². The first-order chi connectivity index (χ1) is 14.3.